The van der Waals surface area contributed by atoms with E-state index in [0.717, 1.165) is 17.8 Å². The number of nitrogens with one attached hydrogen (secondary N) is 1. The summed E-state index contributed by atoms with van der Waals surface area (Å²) in [6.07, 6.45) is -0.0117. The van der Waals surface area contributed by atoms with Gasteiger partial charge in [-0.1, -0.05) is 5.92 Å². The molecule has 0 aromatic carbocycles. The molecule has 7 atom stereocenters. The lowest BCUT2D eigenvalue weighted by atomic mass is 9.90. The zero-order chi connectivity index (χ0) is 26.6. The molecule has 1 fully saturated rings. The summed E-state index contributed by atoms with van der Waals surface area (Å²) < 4.78 is 53.1. The Labute approximate surface area is 194 Å². The van der Waals surface area contributed by atoms with Gasteiger partial charge >= 0.3 is 23.5 Å². The van der Waals surface area contributed by atoms with Crippen molar-refractivity contribution in [1.29, 1.82) is 0 Å². The Bertz CT molecular complexity index is 1380. The third-order valence-corrected chi connectivity index (χ3v) is 8.55. The van der Waals surface area contributed by atoms with Crippen LogP contribution in [0.2, 0.25) is 0 Å². The first-order valence-corrected chi connectivity index (χ1v) is 13.6. The number of ether oxygens (including phenoxy) is 1. The van der Waals surface area contributed by atoms with E-state index in [9.17, 15) is 33.4 Å². The lowest BCUT2D eigenvalue weighted by molar-refractivity contribution is -0.0733. The van der Waals surface area contributed by atoms with Gasteiger partial charge in [0.1, 0.15) is 12.2 Å². The molecule has 2 aromatic rings. The number of imidazole rings is 1. The molecule has 3 rings (SSSR count). The summed E-state index contributed by atoms with van der Waals surface area (Å²) in [5, 5.41) is 10.7. The quantitative estimate of drug-likeness (QED) is 0.128. The number of hydrogen-bond acceptors (Lipinski definition) is 13. The first kappa shape index (κ1) is 27.6. The molecule has 2 aromatic heterocycles. The fourth-order valence-electron chi connectivity index (χ4n) is 3.26. The molecule has 0 amide bonds. The van der Waals surface area contributed by atoms with E-state index in [0.29, 0.717) is 0 Å². The molecule has 1 saturated heterocycles. The molecule has 1 aliphatic heterocycles. The monoisotopic (exact) mass is 560 g/mol. The highest BCUT2D eigenvalue weighted by Gasteiger charge is 2.57. The van der Waals surface area contributed by atoms with Crippen LogP contribution in [0.4, 0.5) is 5.95 Å². The molecule has 194 valence electrons. The van der Waals surface area contributed by atoms with Crippen LogP contribution in [0.5, 0.6) is 0 Å². The number of aliphatic hydroxyl groups excluding tert-OH is 1. The van der Waals surface area contributed by atoms with Crippen LogP contribution in [0.25, 0.3) is 11.2 Å². The van der Waals surface area contributed by atoms with Crippen molar-refractivity contribution in [2.45, 2.75) is 37.0 Å². The lowest BCUT2D eigenvalue weighted by Crippen LogP contribution is -2.54. The summed E-state index contributed by atoms with van der Waals surface area (Å²) in [6, 6.07) is 0. The smallest absolute Gasteiger partial charge is 0.387 e. The fraction of sp³-hybridized carbons (Fsp3) is 0.462. The molecule has 0 radical (unpaired) electrons. The second kappa shape index (κ2) is 9.14. The van der Waals surface area contributed by atoms with Crippen molar-refractivity contribution in [1.82, 2.24) is 19.5 Å². The molecule has 22 heteroatoms. The van der Waals surface area contributed by atoms with E-state index in [1.165, 1.54) is 0 Å². The van der Waals surface area contributed by atoms with Crippen molar-refractivity contribution in [3.8, 4) is 12.3 Å². The maximum Gasteiger partial charge on any atom is 0.490 e. The van der Waals surface area contributed by atoms with Crippen molar-refractivity contribution in [3.05, 3.63) is 16.7 Å². The number of H-pyrrole nitrogens is 1. The Hall–Kier alpha value is -2.00. The van der Waals surface area contributed by atoms with Crippen molar-refractivity contribution in [2.75, 3.05) is 5.73 Å². The van der Waals surface area contributed by atoms with Crippen LogP contribution in [0.15, 0.2) is 11.1 Å². The van der Waals surface area contributed by atoms with E-state index in [4.69, 9.17) is 32.4 Å². The summed E-state index contributed by atoms with van der Waals surface area (Å²) in [6.45, 7) is 1.05. The van der Waals surface area contributed by atoms with E-state index < -0.39 is 59.1 Å². The maximum absolute atomic E-state index is 12.1. The Kier molecular flexibility index (Phi) is 7.20. The van der Waals surface area contributed by atoms with Crippen LogP contribution in [-0.4, -0.2) is 68.1 Å². The SMILES string of the molecule is C#CC1(N)[C@@H](O)[C@@H]([C@@H](C)OP(=O)(O)OP(=O)(O)OP(=O)(O)O)O[C@H]1n1cnc2c(=O)[nH]c(N)nc21. The average Bonchev–Trinajstić information content (AvgIpc) is 3.18. The van der Waals surface area contributed by atoms with Gasteiger partial charge in [0.25, 0.3) is 5.56 Å². The normalized spacial score (nSPS) is 29.4. The average molecular weight is 560 g/mol. The summed E-state index contributed by atoms with van der Waals surface area (Å²) >= 11 is 0. The number of nitrogens with zero attached hydrogens (tertiary/aromatic N) is 3. The maximum atomic E-state index is 12.1. The number of hydrogen-bond donors (Lipinski definition) is 8. The summed E-state index contributed by atoms with van der Waals surface area (Å²) in [4.78, 5) is 58.3. The number of terminal acetylenes is 1. The van der Waals surface area contributed by atoms with Crippen LogP contribution >= 0.6 is 23.5 Å². The summed E-state index contributed by atoms with van der Waals surface area (Å²) in [7, 11) is -17.0. The van der Waals surface area contributed by atoms with Crippen molar-refractivity contribution in [3.63, 3.8) is 0 Å². The second-order valence-corrected chi connectivity index (χ2v) is 11.5. The van der Waals surface area contributed by atoms with Gasteiger partial charge in [0.05, 0.1) is 12.4 Å². The minimum absolute atomic E-state index is 0.130. The topological polar surface area (TPSA) is 305 Å². The molecule has 35 heavy (non-hydrogen) atoms. The standard InChI is InChI=1S/C13H19N6O13P3/c1-3-13(15)8(20)7(5(2)30-34(25,26)32-35(27,28)31-33(22,23)24)29-11(13)19-4-16-6-9(19)17-12(14)18-10(6)21/h1,4-5,7-8,11,20H,15H2,2H3,(H,25,26)(H,27,28)(H2,22,23,24)(H3,14,17,18,21)/t5-,7-,8+,11-,13?/m1/s1. The van der Waals surface area contributed by atoms with E-state index in [1.807, 2.05) is 0 Å². The number of anilines is 1. The van der Waals surface area contributed by atoms with Crippen LogP contribution in [0.1, 0.15) is 13.2 Å². The predicted molar refractivity (Wildman–Crippen MR) is 113 cm³/mol. The minimum Gasteiger partial charge on any atom is -0.387 e. The highest BCUT2D eigenvalue weighted by molar-refractivity contribution is 7.66. The molecule has 3 heterocycles. The first-order valence-electron chi connectivity index (χ1n) is 9.04. The highest BCUT2D eigenvalue weighted by atomic mass is 31.3. The molecule has 1 aliphatic rings. The third-order valence-electron chi connectivity index (χ3n) is 4.63. The van der Waals surface area contributed by atoms with Crippen molar-refractivity contribution < 1.29 is 56.3 Å². The van der Waals surface area contributed by atoms with Crippen LogP contribution in [0.3, 0.4) is 0 Å². The fourth-order valence-corrected chi connectivity index (χ4v) is 6.46. The summed E-state index contributed by atoms with van der Waals surface area (Å²) in [5.74, 6) is 1.85. The largest absolute Gasteiger partial charge is 0.490 e. The number of aromatic amines is 1. The molecule has 10 N–H and O–H groups in total. The molecule has 3 unspecified atom stereocenters. The van der Waals surface area contributed by atoms with Gasteiger partial charge in [0, 0.05) is 0 Å². The van der Waals surface area contributed by atoms with Gasteiger partial charge < -0.3 is 40.9 Å². The molecule has 0 saturated carbocycles. The molecular formula is C13H19N6O13P3. The molecule has 19 nitrogen and oxygen atoms in total. The van der Waals surface area contributed by atoms with Gasteiger partial charge in [-0.3, -0.25) is 18.9 Å². The van der Waals surface area contributed by atoms with Crippen LogP contribution in [-0.2, 0) is 31.6 Å². The first-order chi connectivity index (χ1) is 15.9. The Morgan fingerprint density at radius 3 is 2.49 bits per heavy atom. The van der Waals surface area contributed by atoms with Gasteiger partial charge in [-0.05, 0) is 6.92 Å². The molecule has 0 aliphatic carbocycles. The molecule has 0 bridgehead atoms. The number of phosphoric acid groups is 3. The van der Waals surface area contributed by atoms with Gasteiger partial charge in [0.2, 0.25) is 5.95 Å². The zero-order valence-corrected chi connectivity index (χ0v) is 20.0. The minimum atomic E-state index is -5.79. The highest BCUT2D eigenvalue weighted by Crippen LogP contribution is 2.66. The van der Waals surface area contributed by atoms with Crippen molar-refractivity contribution >= 4 is 40.6 Å². The second-order valence-electron chi connectivity index (χ2n) is 7.15. The number of nitrogen functional groups attached to an aromatic ring is 1. The van der Waals surface area contributed by atoms with E-state index in [2.05, 4.69) is 34.0 Å². The number of fused-ring (bicyclic) bond motifs is 1. The Morgan fingerprint density at radius 2 is 1.91 bits per heavy atom. The van der Waals surface area contributed by atoms with Gasteiger partial charge in [-0.15, -0.1) is 6.42 Å². The van der Waals surface area contributed by atoms with Gasteiger partial charge in [-0.25, -0.2) is 18.7 Å². The Morgan fingerprint density at radius 1 is 1.29 bits per heavy atom. The van der Waals surface area contributed by atoms with Crippen molar-refractivity contribution in [2.24, 2.45) is 5.73 Å². The third kappa shape index (κ3) is 5.71. The summed E-state index contributed by atoms with van der Waals surface area (Å²) in [5.41, 5.74) is 8.62. The van der Waals surface area contributed by atoms with E-state index >= 15 is 0 Å². The van der Waals surface area contributed by atoms with E-state index in [-0.39, 0.29) is 17.1 Å². The number of phosphoric ester groups is 1. The van der Waals surface area contributed by atoms with Crippen LogP contribution < -0.4 is 17.0 Å². The number of nitrogens with two attached hydrogens (primary N) is 2. The number of aliphatic hydroxyl groups is 1. The predicted octanol–water partition coefficient (Wildman–Crippen LogP) is -1.98. The number of rotatable bonds is 8. The molecular weight excluding hydrogens is 541 g/mol. The lowest BCUT2D eigenvalue weighted by Gasteiger charge is -2.28. The van der Waals surface area contributed by atoms with Crippen LogP contribution in [0, 0.1) is 12.3 Å². The number of aromatic nitrogens is 4. The van der Waals surface area contributed by atoms with E-state index in [1.54, 1.807) is 0 Å². The zero-order valence-electron chi connectivity index (χ0n) is 17.3. The van der Waals surface area contributed by atoms with Gasteiger partial charge in [-0.2, -0.15) is 13.6 Å². The molecule has 0 spiro atoms. The Balaban J connectivity index is 1.89. The van der Waals surface area contributed by atoms with Gasteiger partial charge in [0.15, 0.2) is 22.9 Å².